The molecule has 0 bridgehead atoms. The van der Waals surface area contributed by atoms with Gasteiger partial charge in [0.2, 0.25) is 0 Å². The number of rotatable bonds is 13. The summed E-state index contributed by atoms with van der Waals surface area (Å²) in [5.41, 5.74) is 12.5. The minimum absolute atomic E-state index is 0. The van der Waals surface area contributed by atoms with Gasteiger partial charge in [-0.3, -0.25) is 29.1 Å². The molecule has 2 atom stereocenters. The largest absolute Gasteiger partial charge is 0.380 e. The number of piperidine rings is 2. The van der Waals surface area contributed by atoms with E-state index in [1.165, 1.54) is 25.7 Å². The molecule has 0 N–H and O–H groups in total. The number of hydrogen-bond donors (Lipinski definition) is 0. The van der Waals surface area contributed by atoms with Gasteiger partial charge in [-0.15, -0.1) is 36.4 Å². The fourth-order valence-electron chi connectivity index (χ4n) is 10.7. The van der Waals surface area contributed by atoms with Gasteiger partial charge in [-0.1, -0.05) is 37.8 Å². The first kappa shape index (κ1) is 62.0. The van der Waals surface area contributed by atoms with Crippen LogP contribution in [0.15, 0.2) is 91.0 Å². The standard InChI is InChI=1S/C21H27N2O.C20H25N2O.C19H23N2O2.3W/c1-16-14-19(17(2)23(16)18-8-6-5-7-9-18)20(24)15-22-12-10-21(3,4)11-13-22;1-15-8-7-11-21(13-15)14-20(23)19-12-16(2)22(17(19)3)18-9-5-4-6-10-18;1-14-11-18(15(2)21(14)16-7-5-4-6-8-16)19(22)13-20-10-9-17(12-20)23-3;;;/h6-9,14H,10-13,15H2,1-4H3;5-6,9-10,12,15H,7-8,11,13-14H2,1-3H3;5-8,11,17H,9-10,12-13H2,1-3H3;;;/q3*-1;;;. The molecule has 3 aromatic heterocycles. The number of aryl methyl sites for hydroxylation is 3. The molecule has 3 aliphatic rings. The zero-order valence-electron chi connectivity index (χ0n) is 44.8. The van der Waals surface area contributed by atoms with Gasteiger partial charge < -0.3 is 18.4 Å². The zero-order chi connectivity index (χ0) is 50.1. The third-order valence-electron chi connectivity index (χ3n) is 14.7. The van der Waals surface area contributed by atoms with Crippen molar-refractivity contribution >= 4 is 17.3 Å². The zero-order valence-corrected chi connectivity index (χ0v) is 53.6. The van der Waals surface area contributed by atoms with E-state index < -0.39 is 0 Å². The summed E-state index contributed by atoms with van der Waals surface area (Å²) in [6.45, 7) is 26.6. The number of benzene rings is 3. The summed E-state index contributed by atoms with van der Waals surface area (Å²) in [5, 5.41) is 0. The minimum atomic E-state index is 0. The average Bonchev–Trinajstić information content (AvgIpc) is 4.10. The first-order valence-electron chi connectivity index (χ1n) is 25.3. The maximum Gasteiger partial charge on any atom is 0.178 e. The predicted octanol–water partition coefficient (Wildman–Crippen LogP) is 10.8. The molecule has 13 heteroatoms. The third kappa shape index (κ3) is 16.0. The Balaban J connectivity index is 0.000000233. The van der Waals surface area contributed by atoms with Gasteiger partial charge in [0.05, 0.1) is 25.7 Å². The van der Waals surface area contributed by atoms with E-state index in [0.29, 0.717) is 31.0 Å². The molecule has 390 valence electrons. The molecule has 3 aliphatic heterocycles. The molecule has 9 rings (SSSR count). The molecule has 0 saturated carbocycles. The van der Waals surface area contributed by atoms with Crippen molar-refractivity contribution in [2.24, 2.45) is 11.3 Å². The van der Waals surface area contributed by atoms with Gasteiger partial charge in [-0.25, -0.2) is 0 Å². The molecule has 0 spiro atoms. The molecule has 73 heavy (non-hydrogen) atoms. The molecular weight excluding hydrogens is 1420 g/mol. The Morgan fingerprint density at radius 3 is 1.23 bits per heavy atom. The summed E-state index contributed by atoms with van der Waals surface area (Å²) in [6.07, 6.45) is 6.08. The number of Topliss-reactive ketones (excluding diaryl/α,β-unsaturated/α-hetero) is 3. The first-order valence-corrected chi connectivity index (χ1v) is 25.3. The van der Waals surface area contributed by atoms with Crippen LogP contribution in [-0.2, 0) is 67.9 Å². The molecule has 0 aliphatic carbocycles. The number of aromatic nitrogens is 3. The molecule has 10 nitrogen and oxygen atoms in total. The topological polar surface area (TPSA) is 84.9 Å². The second-order valence-corrected chi connectivity index (χ2v) is 20.7. The molecule has 0 amide bonds. The molecular formula is C60H75N6O4W3-3. The number of carbonyl (C=O) groups excluding carboxylic acids is 3. The molecule has 3 saturated heterocycles. The van der Waals surface area contributed by atoms with Crippen LogP contribution in [0, 0.1) is 71.1 Å². The second kappa shape index (κ2) is 28.5. The predicted molar refractivity (Wildman–Crippen MR) is 281 cm³/mol. The number of methoxy groups -OCH3 is 1. The minimum Gasteiger partial charge on any atom is -0.380 e. The molecule has 6 aromatic rings. The fourth-order valence-corrected chi connectivity index (χ4v) is 10.7. The van der Waals surface area contributed by atoms with Crippen molar-refractivity contribution in [2.45, 2.75) is 101 Å². The van der Waals surface area contributed by atoms with E-state index in [1.807, 2.05) is 119 Å². The van der Waals surface area contributed by atoms with E-state index in [4.69, 9.17) is 4.74 Å². The average molecular weight is 1500 g/mol. The van der Waals surface area contributed by atoms with Crippen LogP contribution < -0.4 is 0 Å². The van der Waals surface area contributed by atoms with Crippen LogP contribution in [0.4, 0.5) is 0 Å². The van der Waals surface area contributed by atoms with Crippen molar-refractivity contribution in [2.75, 3.05) is 66.0 Å². The summed E-state index contributed by atoms with van der Waals surface area (Å²) < 4.78 is 11.8. The number of ketones is 3. The van der Waals surface area contributed by atoms with Gasteiger partial charge in [-0.05, 0) is 123 Å². The van der Waals surface area contributed by atoms with Crippen LogP contribution in [0.2, 0.25) is 0 Å². The van der Waals surface area contributed by atoms with Crippen LogP contribution in [0.3, 0.4) is 0 Å². The van der Waals surface area contributed by atoms with Gasteiger partial charge in [-0.2, -0.15) is 54.6 Å². The van der Waals surface area contributed by atoms with Crippen molar-refractivity contribution < 1.29 is 82.3 Å². The second-order valence-electron chi connectivity index (χ2n) is 20.7. The van der Waals surface area contributed by atoms with Crippen LogP contribution in [0.5, 0.6) is 0 Å². The third-order valence-corrected chi connectivity index (χ3v) is 14.7. The van der Waals surface area contributed by atoms with Crippen molar-refractivity contribution in [3.8, 4) is 17.1 Å². The Morgan fingerprint density at radius 1 is 0.534 bits per heavy atom. The van der Waals surface area contributed by atoms with Crippen LogP contribution in [0.25, 0.3) is 17.1 Å². The van der Waals surface area contributed by atoms with Crippen molar-refractivity contribution in [1.82, 2.24) is 28.4 Å². The Bertz CT molecular complexity index is 2700. The molecule has 0 radical (unpaired) electrons. The van der Waals surface area contributed by atoms with E-state index in [1.54, 1.807) is 7.11 Å². The fraction of sp³-hybridized carbons (Fsp3) is 0.450. The Labute approximate surface area is 479 Å². The smallest absolute Gasteiger partial charge is 0.178 e. The molecule has 6 heterocycles. The molecule has 3 aromatic carbocycles. The summed E-state index contributed by atoms with van der Waals surface area (Å²) in [5.74, 6) is 1.35. The van der Waals surface area contributed by atoms with E-state index in [-0.39, 0.29) is 86.6 Å². The number of ether oxygens (including phenoxy) is 1. The Morgan fingerprint density at radius 2 is 0.890 bits per heavy atom. The summed E-state index contributed by atoms with van der Waals surface area (Å²) in [4.78, 5) is 45.1. The van der Waals surface area contributed by atoms with E-state index in [2.05, 4.69) is 81.2 Å². The first-order chi connectivity index (χ1) is 33.5. The van der Waals surface area contributed by atoms with Crippen LogP contribution >= 0.6 is 0 Å². The molecule has 3 fully saturated rings. The van der Waals surface area contributed by atoms with Gasteiger partial charge in [0.1, 0.15) is 0 Å². The summed E-state index contributed by atoms with van der Waals surface area (Å²) >= 11 is 0. The SMILES string of the molecule is COC1CCN(CC(=O)c2cc(C)n(-c3cc[c-]cc3)c2C)C1.Cc1cc(C(=O)CN2CCC(C)(C)CC2)c(C)n1-c1cc[c-]cc1.Cc1cc(C(=O)CN2CCCC(C)C2)c(C)n1-c1cc[c-]cc1.[W].[W].[W]. The van der Waals surface area contributed by atoms with Gasteiger partial charge in [0, 0.05) is 141 Å². The number of likely N-dealkylation sites (tertiary alicyclic amines) is 3. The Kier molecular flexibility index (Phi) is 24.2. The van der Waals surface area contributed by atoms with Crippen LogP contribution in [0.1, 0.15) is 118 Å². The monoisotopic (exact) mass is 1500 g/mol. The van der Waals surface area contributed by atoms with Gasteiger partial charge >= 0.3 is 0 Å². The summed E-state index contributed by atoms with van der Waals surface area (Å²) in [6, 6.07) is 38.7. The van der Waals surface area contributed by atoms with Gasteiger partial charge in [0.25, 0.3) is 0 Å². The van der Waals surface area contributed by atoms with Crippen molar-refractivity contribution in [3.63, 3.8) is 0 Å². The van der Waals surface area contributed by atoms with E-state index >= 15 is 0 Å². The Hall–Kier alpha value is -3.59. The molecule has 2 unspecified atom stereocenters. The number of hydrogen-bond acceptors (Lipinski definition) is 7. The maximum absolute atomic E-state index is 12.8. The normalized spacial score (nSPS) is 17.7. The quantitative estimate of drug-likeness (QED) is 0.0841. The van der Waals surface area contributed by atoms with E-state index in [0.717, 1.165) is 114 Å². The van der Waals surface area contributed by atoms with Crippen molar-refractivity contribution in [3.05, 3.63) is 160 Å². The number of nitrogens with zero attached hydrogens (tertiary/aromatic N) is 6. The van der Waals surface area contributed by atoms with Gasteiger partial charge in [0.15, 0.2) is 17.3 Å². The summed E-state index contributed by atoms with van der Waals surface area (Å²) in [7, 11) is 1.74. The number of carbonyl (C=O) groups is 3. The van der Waals surface area contributed by atoms with E-state index in [9.17, 15) is 14.4 Å². The van der Waals surface area contributed by atoms with Crippen molar-refractivity contribution in [1.29, 1.82) is 0 Å². The van der Waals surface area contributed by atoms with Crippen LogP contribution in [-0.4, -0.2) is 118 Å². The maximum atomic E-state index is 12.8.